The maximum Gasteiger partial charge on any atom is 0.321 e. The van der Waals surface area contributed by atoms with Crippen LogP contribution in [0.15, 0.2) is 24.3 Å². The number of carbonyl (C=O) groups excluding carboxylic acids is 1. The molecule has 1 aliphatic carbocycles. The Hall–Kier alpha value is -2.08. The maximum absolute atomic E-state index is 12.3. The molecule has 0 aliphatic heterocycles. The van der Waals surface area contributed by atoms with E-state index in [1.54, 1.807) is 11.3 Å². The predicted molar refractivity (Wildman–Crippen MR) is 102 cm³/mol. The van der Waals surface area contributed by atoms with Gasteiger partial charge in [-0.1, -0.05) is 12.1 Å². The smallest absolute Gasteiger partial charge is 0.321 e. The third kappa shape index (κ3) is 4.72. The van der Waals surface area contributed by atoms with Crippen molar-refractivity contribution in [2.75, 3.05) is 5.32 Å². The van der Waals surface area contributed by atoms with E-state index >= 15 is 0 Å². The van der Waals surface area contributed by atoms with Crippen LogP contribution in [0.4, 0.5) is 9.93 Å². The van der Waals surface area contributed by atoms with Crippen molar-refractivity contribution in [3.05, 3.63) is 40.4 Å². The van der Waals surface area contributed by atoms with Gasteiger partial charge in [0, 0.05) is 4.88 Å². The number of thiazole rings is 1. The van der Waals surface area contributed by atoms with Crippen LogP contribution in [0.2, 0.25) is 0 Å². The highest BCUT2D eigenvalue weighted by molar-refractivity contribution is 7.15. The number of hydrogen-bond acceptors (Lipinski definition) is 4. The van der Waals surface area contributed by atoms with Gasteiger partial charge in [-0.25, -0.2) is 9.78 Å². The van der Waals surface area contributed by atoms with Crippen molar-refractivity contribution in [3.8, 4) is 5.75 Å². The predicted octanol–water partition coefficient (Wildman–Crippen LogP) is 4.69. The van der Waals surface area contributed by atoms with Crippen LogP contribution in [0.3, 0.4) is 0 Å². The Morgan fingerprint density at radius 3 is 2.80 bits per heavy atom. The summed E-state index contributed by atoms with van der Waals surface area (Å²) < 4.78 is 5.72. The highest BCUT2D eigenvalue weighted by Gasteiger charge is 2.17. The molecule has 25 heavy (non-hydrogen) atoms. The topological polar surface area (TPSA) is 63.2 Å². The minimum absolute atomic E-state index is 0.120. The molecule has 6 heteroatoms. The van der Waals surface area contributed by atoms with Gasteiger partial charge in [-0.3, -0.25) is 5.32 Å². The second-order valence-corrected chi connectivity index (χ2v) is 7.74. The number of fused-ring (bicyclic) bond motifs is 1. The summed E-state index contributed by atoms with van der Waals surface area (Å²) in [5.74, 6) is 0.814. The van der Waals surface area contributed by atoms with Gasteiger partial charge in [0.05, 0.1) is 17.8 Å². The van der Waals surface area contributed by atoms with Crippen LogP contribution in [0.25, 0.3) is 0 Å². The van der Waals surface area contributed by atoms with E-state index in [2.05, 4.69) is 15.6 Å². The lowest BCUT2D eigenvalue weighted by Crippen LogP contribution is -2.31. The molecule has 0 saturated carbocycles. The van der Waals surface area contributed by atoms with E-state index in [0.29, 0.717) is 5.13 Å². The number of carbonyl (C=O) groups is 1. The monoisotopic (exact) mass is 359 g/mol. The van der Waals surface area contributed by atoms with Crippen molar-refractivity contribution in [2.24, 2.45) is 0 Å². The normalized spacial score (nSPS) is 14.7. The summed E-state index contributed by atoms with van der Waals surface area (Å²) in [7, 11) is 0. The summed E-state index contributed by atoms with van der Waals surface area (Å²) in [6.07, 6.45) is 4.63. The Balaban J connectivity index is 1.59. The number of hydrogen-bond donors (Lipinski definition) is 2. The van der Waals surface area contributed by atoms with Crippen LogP contribution in [-0.2, 0) is 12.8 Å². The van der Waals surface area contributed by atoms with E-state index in [1.165, 1.54) is 17.7 Å². The zero-order chi connectivity index (χ0) is 17.8. The summed E-state index contributed by atoms with van der Waals surface area (Å²) in [6, 6.07) is 7.47. The van der Waals surface area contributed by atoms with E-state index in [0.717, 1.165) is 29.8 Å². The van der Waals surface area contributed by atoms with E-state index in [9.17, 15) is 4.79 Å². The first-order valence-corrected chi connectivity index (χ1v) is 9.65. The van der Waals surface area contributed by atoms with E-state index < -0.39 is 0 Å². The summed E-state index contributed by atoms with van der Waals surface area (Å²) in [5.41, 5.74) is 2.16. The lowest BCUT2D eigenvalue weighted by Gasteiger charge is -2.16. The molecular weight excluding hydrogens is 334 g/mol. The van der Waals surface area contributed by atoms with Crippen LogP contribution < -0.4 is 15.4 Å². The largest absolute Gasteiger partial charge is 0.491 e. The van der Waals surface area contributed by atoms with Crippen molar-refractivity contribution in [2.45, 2.75) is 58.6 Å². The van der Waals surface area contributed by atoms with Crippen molar-refractivity contribution < 1.29 is 9.53 Å². The van der Waals surface area contributed by atoms with Crippen molar-refractivity contribution >= 4 is 22.5 Å². The lowest BCUT2D eigenvalue weighted by molar-refractivity contribution is 0.241. The van der Waals surface area contributed by atoms with Gasteiger partial charge in [-0.2, -0.15) is 0 Å². The summed E-state index contributed by atoms with van der Waals surface area (Å²) in [6.45, 7) is 5.95. The van der Waals surface area contributed by atoms with Crippen molar-refractivity contribution in [1.82, 2.24) is 10.3 Å². The molecule has 3 rings (SSSR count). The zero-order valence-electron chi connectivity index (χ0n) is 15.0. The van der Waals surface area contributed by atoms with Gasteiger partial charge in [0.2, 0.25) is 0 Å². The van der Waals surface area contributed by atoms with Crippen molar-refractivity contribution in [1.29, 1.82) is 0 Å². The van der Waals surface area contributed by atoms with E-state index in [-0.39, 0.29) is 18.2 Å². The van der Waals surface area contributed by atoms with Crippen LogP contribution in [-0.4, -0.2) is 17.1 Å². The number of nitrogens with one attached hydrogen (secondary N) is 2. The van der Waals surface area contributed by atoms with E-state index in [4.69, 9.17) is 4.74 Å². The summed E-state index contributed by atoms with van der Waals surface area (Å²) in [4.78, 5) is 18.1. The first-order valence-electron chi connectivity index (χ1n) is 8.84. The molecule has 1 unspecified atom stereocenters. The van der Waals surface area contributed by atoms with Crippen molar-refractivity contribution in [3.63, 3.8) is 0 Å². The molecule has 134 valence electrons. The molecule has 2 amide bonds. The van der Waals surface area contributed by atoms with E-state index in [1.807, 2.05) is 45.0 Å². The number of anilines is 1. The Kier molecular flexibility index (Phi) is 5.58. The minimum atomic E-state index is -0.228. The molecule has 0 radical (unpaired) electrons. The number of aromatic nitrogens is 1. The molecule has 1 aromatic carbocycles. The average molecular weight is 359 g/mol. The minimum Gasteiger partial charge on any atom is -0.491 e. The molecule has 0 saturated heterocycles. The highest BCUT2D eigenvalue weighted by atomic mass is 32.1. The van der Waals surface area contributed by atoms with Gasteiger partial charge < -0.3 is 10.1 Å². The Morgan fingerprint density at radius 2 is 2.04 bits per heavy atom. The van der Waals surface area contributed by atoms with Gasteiger partial charge in [0.1, 0.15) is 5.75 Å². The Bertz CT molecular complexity index is 719. The molecule has 0 bridgehead atoms. The highest BCUT2D eigenvalue weighted by Crippen LogP contribution is 2.29. The fourth-order valence-electron chi connectivity index (χ4n) is 2.95. The molecule has 2 N–H and O–H groups in total. The number of urea groups is 1. The van der Waals surface area contributed by atoms with Gasteiger partial charge >= 0.3 is 6.03 Å². The molecule has 0 spiro atoms. The first-order chi connectivity index (χ1) is 12.0. The number of rotatable bonds is 5. The third-order valence-corrected chi connectivity index (χ3v) is 5.22. The SMILES string of the molecule is CC(C)Oc1cccc(C(C)NC(=O)Nc2nc3c(s2)CCCC3)c1. The molecular formula is C19H25N3O2S. The number of amides is 2. The van der Waals surface area contributed by atoms with Crippen LogP contribution in [0, 0.1) is 0 Å². The molecule has 0 fully saturated rings. The third-order valence-electron chi connectivity index (χ3n) is 4.14. The molecule has 2 aromatic rings. The quantitative estimate of drug-likeness (QED) is 0.814. The van der Waals surface area contributed by atoms with Gasteiger partial charge in [-0.05, 0) is 64.2 Å². The van der Waals surface area contributed by atoms with Crippen LogP contribution in [0.5, 0.6) is 5.75 Å². The summed E-state index contributed by atoms with van der Waals surface area (Å²) >= 11 is 1.59. The van der Waals surface area contributed by atoms with Gasteiger partial charge in [-0.15, -0.1) is 11.3 Å². The number of ether oxygens (including phenoxy) is 1. The number of aryl methyl sites for hydroxylation is 2. The molecule has 1 aliphatic rings. The van der Waals surface area contributed by atoms with Crippen LogP contribution >= 0.6 is 11.3 Å². The standard InChI is InChI=1S/C19H25N3O2S/c1-12(2)24-15-8-6-7-14(11-15)13(3)20-18(23)22-19-21-16-9-4-5-10-17(16)25-19/h6-8,11-13H,4-5,9-10H2,1-3H3,(H2,20,21,22,23). The van der Waals surface area contributed by atoms with Crippen LogP contribution in [0.1, 0.15) is 55.8 Å². The Morgan fingerprint density at radius 1 is 1.24 bits per heavy atom. The summed E-state index contributed by atoms with van der Waals surface area (Å²) in [5, 5.41) is 6.53. The second kappa shape index (κ2) is 7.87. The molecule has 5 nitrogen and oxygen atoms in total. The second-order valence-electron chi connectivity index (χ2n) is 6.66. The lowest BCUT2D eigenvalue weighted by atomic mass is 10.0. The maximum atomic E-state index is 12.3. The zero-order valence-corrected chi connectivity index (χ0v) is 15.8. The van der Waals surface area contributed by atoms with Gasteiger partial charge in [0.15, 0.2) is 5.13 Å². The number of nitrogens with zero attached hydrogens (tertiary/aromatic N) is 1. The first kappa shape index (κ1) is 17.7. The molecule has 1 aromatic heterocycles. The number of benzene rings is 1. The van der Waals surface area contributed by atoms with Gasteiger partial charge in [0.25, 0.3) is 0 Å². The Labute approximate surface area is 152 Å². The fourth-order valence-corrected chi connectivity index (χ4v) is 3.99. The molecule has 1 heterocycles. The fraction of sp³-hybridized carbons (Fsp3) is 0.474. The molecule has 1 atom stereocenters. The average Bonchev–Trinajstić information content (AvgIpc) is 2.96.